The van der Waals surface area contributed by atoms with Crippen LogP contribution in [0, 0.1) is 6.92 Å². The standard InChI is InChI=1S/C27H27N5O2/c1-17-16-29-26-22(17)23-20-4-2-3-5-21(20)32(15-14-31-12-10-28-11-13-31)27(34)24(23)25(30-26)18-6-8-19(33)9-7-18/h2-9,16,28,33H,10-15H2,1H3,(H,29,30). The molecular weight excluding hydrogens is 426 g/mol. The number of benzene rings is 2. The maximum atomic E-state index is 14.2. The van der Waals surface area contributed by atoms with E-state index in [9.17, 15) is 9.90 Å². The highest BCUT2D eigenvalue weighted by Crippen LogP contribution is 2.36. The number of nitrogens with zero attached hydrogens (tertiary/aromatic N) is 3. The van der Waals surface area contributed by atoms with Crippen LogP contribution in [-0.4, -0.2) is 57.3 Å². The Bertz CT molecular complexity index is 1580. The summed E-state index contributed by atoms with van der Waals surface area (Å²) in [4.78, 5) is 24.8. The van der Waals surface area contributed by atoms with Gasteiger partial charge in [0.2, 0.25) is 0 Å². The summed E-state index contributed by atoms with van der Waals surface area (Å²) in [5, 5.41) is 16.8. The highest BCUT2D eigenvalue weighted by molar-refractivity contribution is 6.21. The molecule has 4 heterocycles. The van der Waals surface area contributed by atoms with Crippen LogP contribution in [0.25, 0.3) is 44.0 Å². The van der Waals surface area contributed by atoms with E-state index in [4.69, 9.17) is 4.98 Å². The third-order valence-electron chi connectivity index (χ3n) is 6.93. The summed E-state index contributed by atoms with van der Waals surface area (Å²) < 4.78 is 1.92. The highest BCUT2D eigenvalue weighted by Gasteiger charge is 2.21. The predicted octanol–water partition coefficient (Wildman–Crippen LogP) is 3.62. The van der Waals surface area contributed by atoms with Crippen molar-refractivity contribution in [3.8, 4) is 17.0 Å². The van der Waals surface area contributed by atoms with Crippen LogP contribution < -0.4 is 10.9 Å². The number of aryl methyl sites for hydroxylation is 1. The predicted molar refractivity (Wildman–Crippen MR) is 137 cm³/mol. The van der Waals surface area contributed by atoms with Gasteiger partial charge in [0, 0.05) is 67.2 Å². The first kappa shape index (κ1) is 20.9. The molecule has 0 bridgehead atoms. The Hall–Kier alpha value is -3.68. The Morgan fingerprint density at radius 3 is 2.53 bits per heavy atom. The molecule has 0 amide bonds. The van der Waals surface area contributed by atoms with Crippen molar-refractivity contribution < 1.29 is 5.11 Å². The molecule has 3 N–H and O–H groups in total. The zero-order valence-electron chi connectivity index (χ0n) is 19.1. The van der Waals surface area contributed by atoms with Crippen LogP contribution in [0.1, 0.15) is 5.56 Å². The van der Waals surface area contributed by atoms with E-state index in [2.05, 4.69) is 21.3 Å². The van der Waals surface area contributed by atoms with Gasteiger partial charge in [-0.25, -0.2) is 4.98 Å². The number of H-pyrrole nitrogens is 1. The number of aromatic hydroxyl groups is 1. The van der Waals surface area contributed by atoms with Crippen molar-refractivity contribution in [1.29, 1.82) is 0 Å². The summed E-state index contributed by atoms with van der Waals surface area (Å²) in [5.41, 5.74) is 4.18. The van der Waals surface area contributed by atoms with Gasteiger partial charge in [0.1, 0.15) is 11.4 Å². The fourth-order valence-electron chi connectivity index (χ4n) is 5.19. The molecule has 7 nitrogen and oxygen atoms in total. The fraction of sp³-hybridized carbons (Fsp3) is 0.259. The second kappa shape index (κ2) is 8.27. The van der Waals surface area contributed by atoms with Gasteiger partial charge in [0.15, 0.2) is 0 Å². The van der Waals surface area contributed by atoms with E-state index in [-0.39, 0.29) is 11.3 Å². The number of rotatable bonds is 4. The van der Waals surface area contributed by atoms with Gasteiger partial charge in [-0.05, 0) is 42.8 Å². The van der Waals surface area contributed by atoms with Crippen LogP contribution >= 0.6 is 0 Å². The van der Waals surface area contributed by atoms with Gasteiger partial charge in [-0.2, -0.15) is 0 Å². The molecule has 6 rings (SSSR count). The number of piperazine rings is 1. The van der Waals surface area contributed by atoms with Gasteiger partial charge < -0.3 is 20.0 Å². The van der Waals surface area contributed by atoms with Crippen molar-refractivity contribution in [3.63, 3.8) is 0 Å². The third kappa shape index (κ3) is 3.36. The van der Waals surface area contributed by atoms with E-state index in [0.717, 1.165) is 71.2 Å². The summed E-state index contributed by atoms with van der Waals surface area (Å²) >= 11 is 0. The number of pyridine rings is 2. The summed E-state index contributed by atoms with van der Waals surface area (Å²) in [5.74, 6) is 0.184. The number of nitrogens with one attached hydrogen (secondary N) is 2. The highest BCUT2D eigenvalue weighted by atomic mass is 16.3. The molecule has 1 fully saturated rings. The molecule has 1 aliphatic heterocycles. The summed E-state index contributed by atoms with van der Waals surface area (Å²) in [6.45, 7) is 7.43. The first-order valence-corrected chi connectivity index (χ1v) is 11.8. The topological polar surface area (TPSA) is 86.2 Å². The van der Waals surface area contributed by atoms with Crippen molar-refractivity contribution in [2.45, 2.75) is 13.5 Å². The number of hydrogen-bond acceptors (Lipinski definition) is 5. The third-order valence-corrected chi connectivity index (χ3v) is 6.93. The zero-order chi connectivity index (χ0) is 23.2. The van der Waals surface area contributed by atoms with E-state index >= 15 is 0 Å². The lowest BCUT2D eigenvalue weighted by Gasteiger charge is -2.27. The number of phenols is 1. The van der Waals surface area contributed by atoms with E-state index in [1.807, 2.05) is 48.0 Å². The Labute approximate surface area is 196 Å². The average molecular weight is 454 g/mol. The van der Waals surface area contributed by atoms with Gasteiger partial charge in [-0.15, -0.1) is 0 Å². The number of hydrogen-bond donors (Lipinski definition) is 3. The Kier molecular flexibility index (Phi) is 5.08. The second-order valence-electron chi connectivity index (χ2n) is 9.02. The molecule has 5 aromatic rings. The summed E-state index contributed by atoms with van der Waals surface area (Å²) in [6.07, 6.45) is 1.95. The molecule has 0 radical (unpaired) electrons. The molecule has 0 unspecified atom stereocenters. The van der Waals surface area contributed by atoms with Gasteiger partial charge in [-0.1, -0.05) is 18.2 Å². The molecule has 0 spiro atoms. The van der Waals surface area contributed by atoms with Crippen molar-refractivity contribution in [3.05, 3.63) is 70.6 Å². The molecule has 1 saturated heterocycles. The lowest BCUT2D eigenvalue weighted by atomic mass is 9.98. The number of aromatic nitrogens is 3. The summed E-state index contributed by atoms with van der Waals surface area (Å²) in [7, 11) is 0. The van der Waals surface area contributed by atoms with Crippen molar-refractivity contribution in [2.24, 2.45) is 0 Å². The van der Waals surface area contributed by atoms with Crippen LogP contribution in [0.3, 0.4) is 0 Å². The lowest BCUT2D eigenvalue weighted by Crippen LogP contribution is -2.45. The Morgan fingerprint density at radius 2 is 1.74 bits per heavy atom. The van der Waals surface area contributed by atoms with Crippen molar-refractivity contribution >= 4 is 32.7 Å². The maximum Gasteiger partial charge on any atom is 0.261 e. The molecule has 1 aliphatic rings. The molecule has 0 aliphatic carbocycles. The van der Waals surface area contributed by atoms with E-state index in [1.54, 1.807) is 12.1 Å². The van der Waals surface area contributed by atoms with Gasteiger partial charge in [0.25, 0.3) is 5.56 Å². The van der Waals surface area contributed by atoms with Crippen LogP contribution in [0.4, 0.5) is 0 Å². The van der Waals surface area contributed by atoms with E-state index in [1.165, 1.54) is 0 Å². The normalized spacial score (nSPS) is 15.0. The van der Waals surface area contributed by atoms with E-state index < -0.39 is 0 Å². The monoisotopic (exact) mass is 453 g/mol. The molecule has 2 aromatic carbocycles. The molecule has 0 saturated carbocycles. The first-order chi connectivity index (χ1) is 16.6. The Morgan fingerprint density at radius 1 is 0.971 bits per heavy atom. The number of aromatic amines is 1. The van der Waals surface area contributed by atoms with Crippen molar-refractivity contribution in [2.75, 3.05) is 32.7 Å². The van der Waals surface area contributed by atoms with Crippen molar-refractivity contribution in [1.82, 2.24) is 24.8 Å². The van der Waals surface area contributed by atoms with Crippen LogP contribution in [0.5, 0.6) is 5.75 Å². The molecule has 7 heteroatoms. The molecule has 3 aromatic heterocycles. The fourth-order valence-corrected chi connectivity index (χ4v) is 5.19. The second-order valence-corrected chi connectivity index (χ2v) is 9.02. The van der Waals surface area contributed by atoms with Crippen LogP contribution in [0.15, 0.2) is 59.5 Å². The van der Waals surface area contributed by atoms with Gasteiger partial charge in [-0.3, -0.25) is 9.69 Å². The molecule has 172 valence electrons. The van der Waals surface area contributed by atoms with Gasteiger partial charge in [0.05, 0.1) is 16.6 Å². The number of para-hydroxylation sites is 1. The summed E-state index contributed by atoms with van der Waals surface area (Å²) in [6, 6.07) is 15.1. The minimum Gasteiger partial charge on any atom is -0.508 e. The Balaban J connectivity index is 1.67. The van der Waals surface area contributed by atoms with Crippen LogP contribution in [0.2, 0.25) is 0 Å². The molecule has 0 atom stereocenters. The first-order valence-electron chi connectivity index (χ1n) is 11.8. The molecular formula is C27H27N5O2. The SMILES string of the molecule is Cc1c[nH]c2nc(-c3ccc(O)cc3)c3c(=O)n(CCN4CCNCC4)c4ccccc4c3c12. The minimum atomic E-state index is -0.0260. The average Bonchev–Trinajstić information content (AvgIpc) is 3.24. The maximum absolute atomic E-state index is 14.2. The number of fused-ring (bicyclic) bond motifs is 5. The molecule has 34 heavy (non-hydrogen) atoms. The smallest absolute Gasteiger partial charge is 0.261 e. The lowest BCUT2D eigenvalue weighted by molar-refractivity contribution is 0.233. The number of phenolic OH excluding ortho intramolecular Hbond substituents is 1. The van der Waals surface area contributed by atoms with Gasteiger partial charge >= 0.3 is 0 Å². The quantitative estimate of drug-likeness (QED) is 0.362. The van der Waals surface area contributed by atoms with E-state index in [0.29, 0.717) is 17.6 Å². The minimum absolute atomic E-state index is 0.0260. The zero-order valence-corrected chi connectivity index (χ0v) is 19.1. The van der Waals surface area contributed by atoms with Crippen LogP contribution in [-0.2, 0) is 6.54 Å². The largest absolute Gasteiger partial charge is 0.508 e.